The van der Waals surface area contributed by atoms with Gasteiger partial charge in [-0.25, -0.2) is 4.79 Å². The van der Waals surface area contributed by atoms with Crippen molar-refractivity contribution in [3.05, 3.63) is 22.7 Å². The molecule has 0 aromatic heterocycles. The number of hydrogen-bond acceptors (Lipinski definition) is 5. The number of carbonyl (C=O) groups excluding carboxylic acids is 2. The highest BCUT2D eigenvalue weighted by molar-refractivity contribution is 6.33. The Balaban J connectivity index is 1.44. The van der Waals surface area contributed by atoms with Crippen LogP contribution in [-0.4, -0.2) is 85.1 Å². The van der Waals surface area contributed by atoms with E-state index in [9.17, 15) is 9.59 Å². The number of piperidine rings is 2. The summed E-state index contributed by atoms with van der Waals surface area (Å²) in [6.45, 7) is 12.6. The van der Waals surface area contributed by atoms with Gasteiger partial charge < -0.3 is 30.5 Å². The number of amides is 3. The first kappa shape index (κ1) is 26.4. The van der Waals surface area contributed by atoms with E-state index in [0.717, 1.165) is 71.5 Å². The normalized spacial score (nSPS) is 18.1. The van der Waals surface area contributed by atoms with Crippen LogP contribution in [0, 0.1) is 5.92 Å². The number of hydrogen-bond donors (Lipinski definition) is 2. The first-order valence-electron chi connectivity index (χ1n) is 12.6. The SMILES string of the molecule is CCOc1cc(N)c(Cl)cc1C(=O)NC1CCN(CC2CCN(C(=O)N(CC)CC)CC2)CC1. The van der Waals surface area contributed by atoms with Crippen molar-refractivity contribution < 1.29 is 14.3 Å². The molecule has 0 spiro atoms. The van der Waals surface area contributed by atoms with Crippen molar-refractivity contribution >= 4 is 29.2 Å². The van der Waals surface area contributed by atoms with Gasteiger partial charge in [-0.2, -0.15) is 0 Å². The number of halogens is 1. The van der Waals surface area contributed by atoms with Gasteiger partial charge in [-0.1, -0.05) is 11.6 Å². The summed E-state index contributed by atoms with van der Waals surface area (Å²) in [5.41, 5.74) is 6.70. The minimum absolute atomic E-state index is 0.128. The Labute approximate surface area is 208 Å². The quantitative estimate of drug-likeness (QED) is 0.539. The van der Waals surface area contributed by atoms with Crippen LogP contribution >= 0.6 is 11.6 Å². The fourth-order valence-electron chi connectivity index (χ4n) is 4.91. The Bertz CT molecular complexity index is 832. The van der Waals surface area contributed by atoms with E-state index < -0.39 is 0 Å². The first-order chi connectivity index (χ1) is 16.4. The summed E-state index contributed by atoms with van der Waals surface area (Å²) in [5, 5.41) is 3.51. The third-order valence-electron chi connectivity index (χ3n) is 7.00. The topological polar surface area (TPSA) is 91.1 Å². The van der Waals surface area contributed by atoms with Crippen molar-refractivity contribution in [1.29, 1.82) is 0 Å². The molecule has 0 saturated carbocycles. The molecule has 1 aromatic rings. The molecule has 34 heavy (non-hydrogen) atoms. The van der Waals surface area contributed by atoms with Gasteiger partial charge >= 0.3 is 6.03 Å². The molecule has 2 aliphatic rings. The number of urea groups is 1. The van der Waals surface area contributed by atoms with E-state index in [1.54, 1.807) is 12.1 Å². The molecule has 8 nitrogen and oxygen atoms in total. The van der Waals surface area contributed by atoms with Crippen LogP contribution in [0.3, 0.4) is 0 Å². The van der Waals surface area contributed by atoms with Crippen molar-refractivity contribution in [2.75, 3.05) is 58.2 Å². The summed E-state index contributed by atoms with van der Waals surface area (Å²) in [4.78, 5) is 31.9. The largest absolute Gasteiger partial charge is 0.493 e. The summed E-state index contributed by atoms with van der Waals surface area (Å²) in [5.74, 6) is 0.914. The highest BCUT2D eigenvalue weighted by Crippen LogP contribution is 2.29. The minimum Gasteiger partial charge on any atom is -0.493 e. The van der Waals surface area contributed by atoms with Gasteiger partial charge in [-0.3, -0.25) is 4.79 Å². The van der Waals surface area contributed by atoms with Gasteiger partial charge in [0.15, 0.2) is 0 Å². The van der Waals surface area contributed by atoms with E-state index in [0.29, 0.717) is 34.5 Å². The molecule has 2 saturated heterocycles. The van der Waals surface area contributed by atoms with Crippen molar-refractivity contribution in [2.45, 2.75) is 52.5 Å². The van der Waals surface area contributed by atoms with Crippen LogP contribution in [-0.2, 0) is 0 Å². The molecule has 190 valence electrons. The number of nitrogens with two attached hydrogens (primary N) is 1. The zero-order chi connectivity index (χ0) is 24.7. The smallest absolute Gasteiger partial charge is 0.319 e. The summed E-state index contributed by atoms with van der Waals surface area (Å²) in [7, 11) is 0. The van der Waals surface area contributed by atoms with Gasteiger partial charge in [-0.15, -0.1) is 0 Å². The Hall–Kier alpha value is -2.19. The Morgan fingerprint density at radius 1 is 1.09 bits per heavy atom. The van der Waals surface area contributed by atoms with E-state index >= 15 is 0 Å². The van der Waals surface area contributed by atoms with Gasteiger partial charge in [0.25, 0.3) is 5.91 Å². The maximum absolute atomic E-state index is 12.9. The van der Waals surface area contributed by atoms with Gasteiger partial charge in [0, 0.05) is 57.9 Å². The standard InChI is InChI=1S/C25H40ClN5O3/c1-4-30(5-2)25(33)31-13-7-18(8-14-31)17-29-11-9-19(10-12-29)28-24(32)20-15-21(26)22(27)16-23(20)34-6-3/h15-16,18-19H,4-14,17,27H2,1-3H3,(H,28,32). The van der Waals surface area contributed by atoms with Crippen molar-refractivity contribution in [2.24, 2.45) is 5.92 Å². The zero-order valence-corrected chi connectivity index (χ0v) is 21.6. The molecule has 3 rings (SSSR count). The van der Waals surface area contributed by atoms with E-state index in [1.807, 2.05) is 30.6 Å². The second-order valence-electron chi connectivity index (χ2n) is 9.24. The van der Waals surface area contributed by atoms with E-state index in [2.05, 4.69) is 10.2 Å². The van der Waals surface area contributed by atoms with Crippen molar-refractivity contribution in [1.82, 2.24) is 20.0 Å². The molecule has 2 fully saturated rings. The molecule has 0 bridgehead atoms. The Morgan fingerprint density at radius 3 is 2.32 bits per heavy atom. The molecule has 3 N–H and O–H groups in total. The second-order valence-corrected chi connectivity index (χ2v) is 9.64. The number of nitrogens with zero attached hydrogens (tertiary/aromatic N) is 3. The fourth-order valence-corrected chi connectivity index (χ4v) is 5.07. The predicted molar refractivity (Wildman–Crippen MR) is 137 cm³/mol. The van der Waals surface area contributed by atoms with Gasteiger partial charge in [0.2, 0.25) is 0 Å². The summed E-state index contributed by atoms with van der Waals surface area (Å²) in [6.07, 6.45) is 3.94. The fraction of sp³-hybridized carbons (Fsp3) is 0.680. The highest BCUT2D eigenvalue weighted by atomic mass is 35.5. The lowest BCUT2D eigenvalue weighted by Gasteiger charge is -2.39. The van der Waals surface area contributed by atoms with Crippen LogP contribution in [0.2, 0.25) is 5.02 Å². The molecule has 2 heterocycles. The molecular weight excluding hydrogens is 454 g/mol. The molecule has 3 amide bonds. The number of benzene rings is 1. The molecule has 2 aliphatic heterocycles. The van der Waals surface area contributed by atoms with Crippen molar-refractivity contribution in [3.63, 3.8) is 0 Å². The number of nitrogen functional groups attached to an aromatic ring is 1. The zero-order valence-electron chi connectivity index (χ0n) is 20.8. The molecule has 0 atom stereocenters. The number of ether oxygens (including phenoxy) is 1. The van der Waals surface area contributed by atoms with Crippen LogP contribution in [0.25, 0.3) is 0 Å². The van der Waals surface area contributed by atoms with Gasteiger partial charge in [0.1, 0.15) is 5.75 Å². The average Bonchev–Trinajstić information content (AvgIpc) is 2.84. The lowest BCUT2D eigenvalue weighted by atomic mass is 9.94. The van der Waals surface area contributed by atoms with E-state index in [1.165, 1.54) is 0 Å². The lowest BCUT2D eigenvalue weighted by Crippen LogP contribution is -2.49. The van der Waals surface area contributed by atoms with Crippen LogP contribution in [0.5, 0.6) is 5.75 Å². The van der Waals surface area contributed by atoms with Gasteiger partial charge in [-0.05, 0) is 58.4 Å². The van der Waals surface area contributed by atoms with Crippen LogP contribution in [0.4, 0.5) is 10.5 Å². The Morgan fingerprint density at radius 2 is 1.74 bits per heavy atom. The summed E-state index contributed by atoms with van der Waals surface area (Å²) >= 11 is 6.15. The summed E-state index contributed by atoms with van der Waals surface area (Å²) in [6, 6.07) is 3.51. The van der Waals surface area contributed by atoms with Gasteiger partial charge in [0.05, 0.1) is 22.9 Å². The molecule has 9 heteroatoms. The predicted octanol–water partition coefficient (Wildman–Crippen LogP) is 3.69. The third kappa shape index (κ3) is 6.69. The van der Waals surface area contributed by atoms with E-state index in [4.69, 9.17) is 22.1 Å². The minimum atomic E-state index is -0.172. The third-order valence-corrected chi connectivity index (χ3v) is 7.33. The number of likely N-dealkylation sites (tertiary alicyclic amines) is 2. The maximum Gasteiger partial charge on any atom is 0.319 e. The van der Waals surface area contributed by atoms with Crippen molar-refractivity contribution in [3.8, 4) is 5.75 Å². The average molecular weight is 494 g/mol. The molecule has 0 aliphatic carbocycles. The highest BCUT2D eigenvalue weighted by Gasteiger charge is 2.28. The molecule has 0 unspecified atom stereocenters. The molecule has 1 aromatic carbocycles. The van der Waals surface area contributed by atoms with E-state index in [-0.39, 0.29) is 18.0 Å². The number of anilines is 1. The first-order valence-corrected chi connectivity index (χ1v) is 13.0. The number of carbonyl (C=O) groups is 2. The molecule has 0 radical (unpaired) electrons. The number of rotatable bonds is 8. The summed E-state index contributed by atoms with van der Waals surface area (Å²) < 4.78 is 5.60. The van der Waals surface area contributed by atoms with Crippen LogP contribution < -0.4 is 15.8 Å². The molecular formula is C25H40ClN5O3. The Kier molecular flexibility index (Phi) is 9.71. The van der Waals surface area contributed by atoms with Crippen LogP contribution in [0.1, 0.15) is 56.8 Å². The van der Waals surface area contributed by atoms with Crippen LogP contribution in [0.15, 0.2) is 12.1 Å². The maximum atomic E-state index is 12.9. The number of nitrogens with one attached hydrogen (secondary N) is 1. The lowest BCUT2D eigenvalue weighted by molar-refractivity contribution is 0.0884. The second kappa shape index (κ2) is 12.5. The monoisotopic (exact) mass is 493 g/mol.